The van der Waals surface area contributed by atoms with E-state index >= 15 is 0 Å². The number of rotatable bonds is 9. The van der Waals surface area contributed by atoms with Crippen molar-refractivity contribution in [1.29, 1.82) is 0 Å². The number of carbonyl (C=O) groups is 2. The molecule has 1 aromatic rings. The Morgan fingerprint density at radius 3 is 2.48 bits per heavy atom. The van der Waals surface area contributed by atoms with Gasteiger partial charge in [0.15, 0.2) is 6.61 Å². The highest BCUT2D eigenvalue weighted by Crippen LogP contribution is 2.21. The van der Waals surface area contributed by atoms with Crippen LogP contribution in [0, 0.1) is 6.92 Å². The van der Waals surface area contributed by atoms with Crippen LogP contribution in [0.15, 0.2) is 18.2 Å². The highest BCUT2D eigenvalue weighted by Gasteiger charge is 2.07. The molecule has 0 aliphatic heterocycles. The SMILES string of the molecule is CCCCCCCC(=O)NNC(=O)COc1ccc(Cl)cc1C. The lowest BCUT2D eigenvalue weighted by atomic mass is 10.1. The minimum absolute atomic E-state index is 0.167. The lowest BCUT2D eigenvalue weighted by Gasteiger charge is -2.10. The Labute approximate surface area is 142 Å². The fraction of sp³-hybridized carbons (Fsp3) is 0.529. The molecular weight excluding hydrogens is 316 g/mol. The van der Waals surface area contributed by atoms with Gasteiger partial charge in [0.2, 0.25) is 5.91 Å². The molecule has 0 aliphatic rings. The van der Waals surface area contributed by atoms with Gasteiger partial charge < -0.3 is 4.74 Å². The predicted molar refractivity (Wildman–Crippen MR) is 91.3 cm³/mol. The smallest absolute Gasteiger partial charge is 0.276 e. The van der Waals surface area contributed by atoms with Crippen molar-refractivity contribution in [2.24, 2.45) is 0 Å². The van der Waals surface area contributed by atoms with Crippen LogP contribution >= 0.6 is 11.6 Å². The molecule has 0 atom stereocenters. The Morgan fingerprint density at radius 1 is 1.09 bits per heavy atom. The van der Waals surface area contributed by atoms with Gasteiger partial charge in [0.1, 0.15) is 5.75 Å². The first-order chi connectivity index (χ1) is 11.0. The number of halogens is 1. The van der Waals surface area contributed by atoms with Gasteiger partial charge in [-0.1, -0.05) is 44.2 Å². The van der Waals surface area contributed by atoms with E-state index in [0.717, 1.165) is 24.8 Å². The third-order valence-corrected chi connectivity index (χ3v) is 3.58. The molecule has 0 saturated heterocycles. The average molecular weight is 341 g/mol. The predicted octanol–water partition coefficient (Wildman–Crippen LogP) is 3.54. The lowest BCUT2D eigenvalue weighted by Crippen LogP contribution is -2.43. The van der Waals surface area contributed by atoms with Crippen molar-refractivity contribution in [3.05, 3.63) is 28.8 Å². The quantitative estimate of drug-likeness (QED) is 0.533. The molecule has 0 aromatic heterocycles. The molecule has 0 heterocycles. The number of hydrogen-bond acceptors (Lipinski definition) is 3. The van der Waals surface area contributed by atoms with E-state index in [2.05, 4.69) is 17.8 Å². The van der Waals surface area contributed by atoms with Crippen LogP contribution < -0.4 is 15.6 Å². The molecule has 0 saturated carbocycles. The van der Waals surface area contributed by atoms with E-state index in [0.29, 0.717) is 17.2 Å². The number of carbonyl (C=O) groups excluding carboxylic acids is 2. The Hall–Kier alpha value is -1.75. The molecule has 6 heteroatoms. The first-order valence-corrected chi connectivity index (χ1v) is 8.37. The molecule has 23 heavy (non-hydrogen) atoms. The van der Waals surface area contributed by atoms with E-state index < -0.39 is 5.91 Å². The standard InChI is InChI=1S/C17H25ClN2O3/c1-3-4-5-6-7-8-16(21)19-20-17(22)12-23-15-10-9-14(18)11-13(15)2/h9-11H,3-8,12H2,1-2H3,(H,19,21)(H,20,22). The minimum Gasteiger partial charge on any atom is -0.483 e. The molecule has 0 unspecified atom stereocenters. The van der Waals surface area contributed by atoms with E-state index in [1.165, 1.54) is 12.8 Å². The van der Waals surface area contributed by atoms with Crippen LogP contribution in [0.1, 0.15) is 51.0 Å². The lowest BCUT2D eigenvalue weighted by molar-refractivity contribution is -0.130. The summed E-state index contributed by atoms with van der Waals surface area (Å²) in [5.74, 6) is 0.00278. The summed E-state index contributed by atoms with van der Waals surface area (Å²) >= 11 is 5.85. The highest BCUT2D eigenvalue weighted by molar-refractivity contribution is 6.30. The summed E-state index contributed by atoms with van der Waals surface area (Å²) in [5.41, 5.74) is 5.59. The molecule has 1 aromatic carbocycles. The van der Waals surface area contributed by atoms with Crippen molar-refractivity contribution >= 4 is 23.4 Å². The molecule has 2 N–H and O–H groups in total. The van der Waals surface area contributed by atoms with Gasteiger partial charge in [-0.15, -0.1) is 0 Å². The van der Waals surface area contributed by atoms with Crippen LogP contribution in [-0.4, -0.2) is 18.4 Å². The maximum atomic E-state index is 11.6. The zero-order valence-electron chi connectivity index (χ0n) is 13.8. The van der Waals surface area contributed by atoms with Crippen molar-refractivity contribution in [2.45, 2.75) is 52.4 Å². The van der Waals surface area contributed by atoms with Gasteiger partial charge in [-0.3, -0.25) is 20.4 Å². The molecule has 0 spiro atoms. The van der Waals surface area contributed by atoms with Gasteiger partial charge in [-0.2, -0.15) is 0 Å². The molecule has 0 bridgehead atoms. The molecule has 0 fully saturated rings. The third kappa shape index (κ3) is 8.45. The number of ether oxygens (including phenoxy) is 1. The second kappa shape index (κ2) is 10.9. The summed E-state index contributed by atoms with van der Waals surface area (Å²) in [7, 11) is 0. The number of amides is 2. The van der Waals surface area contributed by atoms with Crippen molar-refractivity contribution in [2.75, 3.05) is 6.61 Å². The number of aryl methyl sites for hydroxylation is 1. The first-order valence-electron chi connectivity index (χ1n) is 7.99. The van der Waals surface area contributed by atoms with Crippen molar-refractivity contribution in [3.63, 3.8) is 0 Å². The van der Waals surface area contributed by atoms with Crippen LogP contribution in [0.3, 0.4) is 0 Å². The summed E-state index contributed by atoms with van der Waals surface area (Å²) in [6, 6.07) is 5.16. The zero-order chi connectivity index (χ0) is 17.1. The summed E-state index contributed by atoms with van der Waals surface area (Å²) in [6.07, 6.45) is 5.80. The van der Waals surface area contributed by atoms with E-state index in [1.54, 1.807) is 18.2 Å². The van der Waals surface area contributed by atoms with Crippen LogP contribution in [0.2, 0.25) is 5.02 Å². The molecule has 0 aliphatic carbocycles. The van der Waals surface area contributed by atoms with E-state index in [4.69, 9.17) is 16.3 Å². The first kappa shape index (κ1) is 19.3. The number of hydrazine groups is 1. The van der Waals surface area contributed by atoms with Crippen molar-refractivity contribution in [3.8, 4) is 5.75 Å². The van der Waals surface area contributed by atoms with Gasteiger partial charge >= 0.3 is 0 Å². The Balaban J connectivity index is 2.17. The topological polar surface area (TPSA) is 67.4 Å². The van der Waals surface area contributed by atoms with Gasteiger partial charge in [0.25, 0.3) is 5.91 Å². The van der Waals surface area contributed by atoms with Gasteiger partial charge in [-0.05, 0) is 37.1 Å². The van der Waals surface area contributed by atoms with E-state index in [-0.39, 0.29) is 12.5 Å². The number of unbranched alkanes of at least 4 members (excludes halogenated alkanes) is 4. The fourth-order valence-electron chi connectivity index (χ4n) is 2.05. The highest BCUT2D eigenvalue weighted by atomic mass is 35.5. The summed E-state index contributed by atoms with van der Waals surface area (Å²) in [4.78, 5) is 23.2. The summed E-state index contributed by atoms with van der Waals surface area (Å²) in [5, 5.41) is 0.616. The summed E-state index contributed by atoms with van der Waals surface area (Å²) < 4.78 is 5.39. The third-order valence-electron chi connectivity index (χ3n) is 3.34. The number of nitrogens with one attached hydrogen (secondary N) is 2. The molecule has 2 amide bonds. The molecule has 128 valence electrons. The monoisotopic (exact) mass is 340 g/mol. The number of hydrogen-bond donors (Lipinski definition) is 2. The molecule has 0 radical (unpaired) electrons. The van der Waals surface area contributed by atoms with Gasteiger partial charge in [-0.25, -0.2) is 0 Å². The maximum Gasteiger partial charge on any atom is 0.276 e. The van der Waals surface area contributed by atoms with E-state index in [1.807, 2.05) is 6.92 Å². The van der Waals surface area contributed by atoms with Gasteiger partial charge in [0.05, 0.1) is 0 Å². The van der Waals surface area contributed by atoms with Crippen molar-refractivity contribution < 1.29 is 14.3 Å². The van der Waals surface area contributed by atoms with Crippen molar-refractivity contribution in [1.82, 2.24) is 10.9 Å². The Kier molecular flexibility index (Phi) is 9.14. The van der Waals surface area contributed by atoms with E-state index in [9.17, 15) is 9.59 Å². The fourth-order valence-corrected chi connectivity index (χ4v) is 2.27. The minimum atomic E-state index is -0.404. The maximum absolute atomic E-state index is 11.6. The Morgan fingerprint density at radius 2 is 1.78 bits per heavy atom. The molecular formula is C17H25ClN2O3. The average Bonchev–Trinajstić information content (AvgIpc) is 2.52. The molecule has 1 rings (SSSR count). The van der Waals surface area contributed by atoms with Crippen LogP contribution in [0.5, 0.6) is 5.75 Å². The van der Waals surface area contributed by atoms with Gasteiger partial charge in [0, 0.05) is 11.4 Å². The number of benzene rings is 1. The molecule has 5 nitrogen and oxygen atoms in total. The van der Waals surface area contributed by atoms with Crippen LogP contribution in [0.25, 0.3) is 0 Å². The second-order valence-corrected chi connectivity index (χ2v) is 5.90. The normalized spacial score (nSPS) is 10.2. The summed E-state index contributed by atoms with van der Waals surface area (Å²) in [6.45, 7) is 3.83. The second-order valence-electron chi connectivity index (χ2n) is 5.46. The van der Waals surface area contributed by atoms with Crippen LogP contribution in [0.4, 0.5) is 0 Å². The van der Waals surface area contributed by atoms with Crippen LogP contribution in [-0.2, 0) is 9.59 Å². The largest absolute Gasteiger partial charge is 0.483 e. The zero-order valence-corrected chi connectivity index (χ0v) is 14.5. The Bertz CT molecular complexity index is 521.